The number of fused-ring (bicyclic) bond motifs is 1. The van der Waals surface area contributed by atoms with E-state index in [-0.39, 0.29) is 5.63 Å². The van der Waals surface area contributed by atoms with Crippen LogP contribution in [0.1, 0.15) is 16.7 Å². The first-order valence-corrected chi connectivity index (χ1v) is 10.5. The van der Waals surface area contributed by atoms with E-state index in [2.05, 4.69) is 62.9 Å². The van der Waals surface area contributed by atoms with Crippen molar-refractivity contribution in [2.24, 2.45) is 0 Å². The molecule has 0 spiro atoms. The van der Waals surface area contributed by atoms with Crippen molar-refractivity contribution >= 4 is 55.7 Å². The number of benzene rings is 2. The maximum atomic E-state index is 11.6. The van der Waals surface area contributed by atoms with E-state index in [1.54, 1.807) is 6.07 Å². The third-order valence-corrected chi connectivity index (χ3v) is 5.41. The fraction of sp³-hybridized carbons (Fsp3) is 0.136. The van der Waals surface area contributed by atoms with Crippen LogP contribution in [0.5, 0.6) is 0 Å². The third kappa shape index (κ3) is 4.60. The zero-order valence-electron chi connectivity index (χ0n) is 16.4. The standard InChI is InChI=1S/C22H19BrN4O2S/c1-13-3-5-15(6-4-13)11-27-12-18(23)21(26-27)25-22(30)24-16-7-8-17-14(2)9-20(28)29-19(17)10-16/h3-10,12H,11H2,1-2H3,(H2,24,25,26,30). The van der Waals surface area contributed by atoms with Crippen molar-refractivity contribution in [3.8, 4) is 0 Å². The van der Waals surface area contributed by atoms with Gasteiger partial charge >= 0.3 is 5.63 Å². The van der Waals surface area contributed by atoms with Gasteiger partial charge in [-0.05, 0) is 65.3 Å². The van der Waals surface area contributed by atoms with E-state index >= 15 is 0 Å². The average molecular weight is 483 g/mol. The number of anilines is 2. The number of aromatic nitrogens is 2. The molecule has 0 aliphatic heterocycles. The zero-order valence-corrected chi connectivity index (χ0v) is 18.8. The van der Waals surface area contributed by atoms with Crippen molar-refractivity contribution in [3.05, 3.63) is 86.3 Å². The molecule has 0 saturated carbocycles. The smallest absolute Gasteiger partial charge is 0.336 e. The van der Waals surface area contributed by atoms with Crippen molar-refractivity contribution in [1.29, 1.82) is 0 Å². The van der Waals surface area contributed by atoms with Gasteiger partial charge in [-0.25, -0.2) is 4.79 Å². The highest BCUT2D eigenvalue weighted by Gasteiger charge is 2.10. The Morgan fingerprint density at radius 3 is 2.67 bits per heavy atom. The number of hydrogen-bond acceptors (Lipinski definition) is 4. The van der Waals surface area contributed by atoms with Gasteiger partial charge in [0.15, 0.2) is 10.9 Å². The highest BCUT2D eigenvalue weighted by molar-refractivity contribution is 9.10. The fourth-order valence-corrected chi connectivity index (χ4v) is 3.75. The highest BCUT2D eigenvalue weighted by atomic mass is 79.9. The Balaban J connectivity index is 1.46. The second-order valence-corrected chi connectivity index (χ2v) is 8.31. The fourth-order valence-electron chi connectivity index (χ4n) is 3.12. The van der Waals surface area contributed by atoms with E-state index in [1.165, 1.54) is 11.6 Å². The maximum absolute atomic E-state index is 11.6. The molecule has 0 aliphatic rings. The summed E-state index contributed by atoms with van der Waals surface area (Å²) in [6, 6.07) is 15.3. The average Bonchev–Trinajstić information content (AvgIpc) is 3.01. The highest BCUT2D eigenvalue weighted by Crippen LogP contribution is 2.23. The van der Waals surface area contributed by atoms with Gasteiger partial charge in [0.25, 0.3) is 0 Å². The predicted molar refractivity (Wildman–Crippen MR) is 127 cm³/mol. The molecule has 0 unspecified atom stereocenters. The lowest BCUT2D eigenvalue weighted by atomic mass is 10.1. The molecule has 2 aromatic carbocycles. The maximum Gasteiger partial charge on any atom is 0.336 e. The molecule has 2 N–H and O–H groups in total. The number of thiocarbonyl (C=S) groups is 1. The van der Waals surface area contributed by atoms with Crippen molar-refractivity contribution < 1.29 is 4.42 Å². The lowest BCUT2D eigenvalue weighted by Crippen LogP contribution is -2.19. The molecular formula is C22H19BrN4O2S. The third-order valence-electron chi connectivity index (χ3n) is 4.62. The molecule has 0 saturated heterocycles. The number of aryl methyl sites for hydroxylation is 2. The first-order valence-electron chi connectivity index (χ1n) is 9.28. The summed E-state index contributed by atoms with van der Waals surface area (Å²) >= 11 is 8.94. The van der Waals surface area contributed by atoms with Crippen LogP contribution in [0.3, 0.4) is 0 Å². The monoisotopic (exact) mass is 482 g/mol. The SMILES string of the molecule is Cc1ccc(Cn2cc(Br)c(NC(=S)Nc3ccc4c(C)cc(=O)oc4c3)n2)cc1. The minimum Gasteiger partial charge on any atom is -0.423 e. The quantitative estimate of drug-likeness (QED) is 0.306. The van der Waals surface area contributed by atoms with Crippen LogP contribution in [0, 0.1) is 13.8 Å². The van der Waals surface area contributed by atoms with E-state index in [4.69, 9.17) is 16.6 Å². The summed E-state index contributed by atoms with van der Waals surface area (Å²) < 4.78 is 7.93. The van der Waals surface area contributed by atoms with E-state index in [0.29, 0.717) is 28.7 Å². The van der Waals surface area contributed by atoms with Gasteiger partial charge in [-0.15, -0.1) is 0 Å². The van der Waals surface area contributed by atoms with Crippen molar-refractivity contribution in [3.63, 3.8) is 0 Å². The minimum atomic E-state index is -0.374. The van der Waals surface area contributed by atoms with E-state index in [1.807, 2.05) is 29.9 Å². The van der Waals surface area contributed by atoms with Gasteiger partial charge in [-0.1, -0.05) is 29.8 Å². The Hall–Kier alpha value is -2.97. The van der Waals surface area contributed by atoms with E-state index in [0.717, 1.165) is 21.0 Å². The van der Waals surface area contributed by atoms with Crippen molar-refractivity contribution in [2.45, 2.75) is 20.4 Å². The number of halogens is 1. The molecule has 0 fully saturated rings. The minimum absolute atomic E-state index is 0.374. The van der Waals surface area contributed by atoms with Gasteiger partial charge in [0, 0.05) is 29.4 Å². The van der Waals surface area contributed by atoms with E-state index in [9.17, 15) is 4.79 Å². The van der Waals surface area contributed by atoms with Gasteiger partial charge in [0.2, 0.25) is 0 Å². The molecule has 0 amide bonds. The lowest BCUT2D eigenvalue weighted by Gasteiger charge is -2.10. The van der Waals surface area contributed by atoms with Crippen molar-refractivity contribution in [2.75, 3.05) is 10.6 Å². The first kappa shape index (κ1) is 20.3. The molecule has 8 heteroatoms. The Morgan fingerprint density at radius 1 is 1.13 bits per heavy atom. The summed E-state index contributed by atoms with van der Waals surface area (Å²) in [5.74, 6) is 0.614. The largest absolute Gasteiger partial charge is 0.423 e. The summed E-state index contributed by atoms with van der Waals surface area (Å²) in [6.07, 6.45) is 1.90. The van der Waals surface area contributed by atoms with Crippen LogP contribution in [0.4, 0.5) is 11.5 Å². The topological polar surface area (TPSA) is 72.1 Å². The predicted octanol–water partition coefficient (Wildman–Crippen LogP) is 5.23. The van der Waals surface area contributed by atoms with E-state index < -0.39 is 0 Å². The van der Waals surface area contributed by atoms with Gasteiger partial charge in [0.1, 0.15) is 5.58 Å². The molecular weight excluding hydrogens is 464 g/mol. The molecule has 2 aromatic heterocycles. The second kappa shape index (κ2) is 8.41. The van der Waals surface area contributed by atoms with Crippen LogP contribution in [-0.2, 0) is 6.54 Å². The van der Waals surface area contributed by atoms with Crippen LogP contribution in [-0.4, -0.2) is 14.9 Å². The molecule has 2 heterocycles. The molecule has 152 valence electrons. The van der Waals surface area contributed by atoms with Crippen molar-refractivity contribution in [1.82, 2.24) is 9.78 Å². The number of rotatable bonds is 4. The lowest BCUT2D eigenvalue weighted by molar-refractivity contribution is 0.560. The summed E-state index contributed by atoms with van der Waals surface area (Å²) in [5.41, 5.74) is 4.11. The van der Waals surface area contributed by atoms with Crippen LogP contribution in [0.15, 0.2) is 68.4 Å². The van der Waals surface area contributed by atoms with Gasteiger partial charge in [0.05, 0.1) is 11.0 Å². The van der Waals surface area contributed by atoms with Gasteiger partial charge in [-0.3, -0.25) is 4.68 Å². The summed E-state index contributed by atoms with van der Waals surface area (Å²) in [6.45, 7) is 4.60. The molecule has 0 aliphatic carbocycles. The van der Waals surface area contributed by atoms with Gasteiger partial charge in [-0.2, -0.15) is 5.10 Å². The molecule has 6 nitrogen and oxygen atoms in total. The van der Waals surface area contributed by atoms with Crippen LogP contribution < -0.4 is 16.3 Å². The molecule has 4 aromatic rings. The van der Waals surface area contributed by atoms with Crippen LogP contribution in [0.2, 0.25) is 0 Å². The molecule has 0 bridgehead atoms. The Morgan fingerprint density at radius 2 is 1.90 bits per heavy atom. The van der Waals surface area contributed by atoms with Gasteiger partial charge < -0.3 is 15.1 Å². The zero-order chi connectivity index (χ0) is 21.3. The van der Waals surface area contributed by atoms with Crippen LogP contribution in [0.25, 0.3) is 11.0 Å². The molecule has 0 atom stereocenters. The summed E-state index contributed by atoms with van der Waals surface area (Å²) in [7, 11) is 0. The summed E-state index contributed by atoms with van der Waals surface area (Å²) in [5, 5.41) is 12.0. The second-order valence-electron chi connectivity index (χ2n) is 7.05. The Bertz CT molecular complexity index is 1290. The Kier molecular flexibility index (Phi) is 5.69. The number of nitrogens with one attached hydrogen (secondary N) is 2. The summed E-state index contributed by atoms with van der Waals surface area (Å²) in [4.78, 5) is 11.6. The van der Waals surface area contributed by atoms with Crippen LogP contribution >= 0.6 is 28.1 Å². The first-order chi connectivity index (χ1) is 14.4. The molecule has 4 rings (SSSR count). The normalized spacial score (nSPS) is 10.9. The number of hydrogen-bond donors (Lipinski definition) is 2. The Labute approximate surface area is 187 Å². The molecule has 0 radical (unpaired) electrons. The molecule has 30 heavy (non-hydrogen) atoms. The number of nitrogens with zero attached hydrogens (tertiary/aromatic N) is 2.